The van der Waals surface area contributed by atoms with Crippen molar-refractivity contribution in [1.82, 2.24) is 9.55 Å². The van der Waals surface area contributed by atoms with Gasteiger partial charge in [0.15, 0.2) is 0 Å². The number of carbonyl (C=O) groups is 1. The monoisotopic (exact) mass is 353 g/mol. The molecule has 0 saturated heterocycles. The van der Waals surface area contributed by atoms with Gasteiger partial charge in [-0.1, -0.05) is 27.2 Å². The first-order valence-electron chi connectivity index (χ1n) is 8.73. The van der Waals surface area contributed by atoms with Crippen molar-refractivity contribution in [2.24, 2.45) is 0 Å². The molecule has 0 spiro atoms. The third-order valence-corrected chi connectivity index (χ3v) is 4.23. The van der Waals surface area contributed by atoms with Crippen LogP contribution >= 0.6 is 0 Å². The second-order valence-electron chi connectivity index (χ2n) is 6.71. The summed E-state index contributed by atoms with van der Waals surface area (Å²) in [6, 6.07) is 6.88. The van der Waals surface area contributed by atoms with Crippen LogP contribution in [-0.2, 0) is 6.54 Å². The lowest BCUT2D eigenvalue weighted by molar-refractivity contribution is 0.102. The van der Waals surface area contributed by atoms with Gasteiger partial charge in [-0.05, 0) is 43.0 Å². The fraction of sp³-hybridized carbons (Fsp3) is 0.400. The fourth-order valence-electron chi connectivity index (χ4n) is 3.01. The molecule has 0 aliphatic carbocycles. The van der Waals surface area contributed by atoms with Crippen LogP contribution in [0.15, 0.2) is 27.8 Å². The quantitative estimate of drug-likeness (QED) is 0.808. The topological polar surface area (TPSA) is 95.7 Å². The van der Waals surface area contributed by atoms with E-state index in [9.17, 15) is 14.4 Å². The third-order valence-electron chi connectivity index (χ3n) is 4.23. The van der Waals surface area contributed by atoms with Gasteiger partial charge in [-0.25, -0.2) is 4.79 Å². The Bertz CT molecular complexity index is 991. The Morgan fingerprint density at radius 1 is 1.27 bits per heavy atom. The molecule has 1 heterocycles. The zero-order chi connectivity index (χ0) is 19.4. The molecular weight excluding hydrogens is 330 g/mol. The van der Waals surface area contributed by atoms with Crippen LogP contribution in [0.5, 0.6) is 0 Å². The molecule has 0 unspecified atom stereocenters. The van der Waals surface area contributed by atoms with Gasteiger partial charge in [0.25, 0.3) is 5.56 Å². The molecule has 136 valence electrons. The van der Waals surface area contributed by atoms with Crippen LogP contribution in [0.25, 0.3) is 0 Å². The maximum atomic E-state index is 13.3. The molecule has 0 aliphatic rings. The van der Waals surface area contributed by atoms with Crippen molar-refractivity contribution in [3.63, 3.8) is 0 Å². The highest BCUT2D eigenvalue weighted by molar-refractivity contribution is 6.09. The fourth-order valence-corrected chi connectivity index (χ4v) is 3.01. The molecule has 0 aliphatic heterocycles. The van der Waals surface area contributed by atoms with Crippen LogP contribution in [0.1, 0.15) is 72.3 Å². The molecule has 1 aromatic carbocycles. The van der Waals surface area contributed by atoms with Crippen LogP contribution in [0.4, 0.5) is 0 Å². The van der Waals surface area contributed by atoms with Crippen molar-refractivity contribution in [2.75, 3.05) is 0 Å². The van der Waals surface area contributed by atoms with Crippen molar-refractivity contribution in [3.05, 3.63) is 67.0 Å². The average molecular weight is 353 g/mol. The van der Waals surface area contributed by atoms with E-state index in [1.165, 1.54) is 10.6 Å². The summed E-state index contributed by atoms with van der Waals surface area (Å²) >= 11 is 0. The molecule has 0 fully saturated rings. The predicted octanol–water partition coefficient (Wildman–Crippen LogP) is 2.87. The van der Waals surface area contributed by atoms with Gasteiger partial charge in [0.05, 0.1) is 11.6 Å². The maximum absolute atomic E-state index is 13.3. The molecule has 26 heavy (non-hydrogen) atoms. The van der Waals surface area contributed by atoms with Crippen LogP contribution < -0.4 is 11.2 Å². The van der Waals surface area contributed by atoms with Gasteiger partial charge in [0.2, 0.25) is 5.78 Å². The summed E-state index contributed by atoms with van der Waals surface area (Å²) in [7, 11) is 0. The van der Waals surface area contributed by atoms with E-state index < -0.39 is 17.0 Å². The highest BCUT2D eigenvalue weighted by Crippen LogP contribution is 2.20. The van der Waals surface area contributed by atoms with Gasteiger partial charge in [-0.3, -0.25) is 19.1 Å². The van der Waals surface area contributed by atoms with Crippen LogP contribution in [0, 0.1) is 18.3 Å². The first kappa shape index (κ1) is 19.4. The Balaban J connectivity index is 2.79. The molecule has 0 saturated carbocycles. The predicted molar refractivity (Wildman–Crippen MR) is 99.6 cm³/mol. The molecule has 1 N–H and O–H groups in total. The standard InChI is InChI=1S/C20H23N3O3/c1-5-6-7-23-17(16(12(2)3)19(25)22-20(23)26)18(24)15-9-13(4)8-14(10-15)11-21/h8-10,12H,5-7H2,1-4H3,(H,22,25,26). The lowest BCUT2D eigenvalue weighted by Crippen LogP contribution is -2.38. The largest absolute Gasteiger partial charge is 0.328 e. The summed E-state index contributed by atoms with van der Waals surface area (Å²) in [5.41, 5.74) is 0.747. The zero-order valence-electron chi connectivity index (χ0n) is 15.5. The molecule has 0 atom stereocenters. The molecule has 0 amide bonds. The summed E-state index contributed by atoms with van der Waals surface area (Å²) in [6.45, 7) is 7.76. The van der Waals surface area contributed by atoms with Crippen molar-refractivity contribution in [1.29, 1.82) is 5.26 Å². The van der Waals surface area contributed by atoms with E-state index in [1.807, 2.05) is 26.8 Å². The smallest absolute Gasteiger partial charge is 0.290 e. The van der Waals surface area contributed by atoms with Crippen LogP contribution in [0.2, 0.25) is 0 Å². The lowest BCUT2D eigenvalue weighted by atomic mass is 9.95. The molecule has 2 aromatic rings. The molecule has 0 bridgehead atoms. The van der Waals surface area contributed by atoms with E-state index in [4.69, 9.17) is 5.26 Å². The molecule has 1 aromatic heterocycles. The number of nitrogens with one attached hydrogen (secondary N) is 1. The maximum Gasteiger partial charge on any atom is 0.328 e. The number of nitriles is 1. The lowest BCUT2D eigenvalue weighted by Gasteiger charge is -2.17. The minimum atomic E-state index is -0.579. The van der Waals surface area contributed by atoms with Crippen molar-refractivity contribution >= 4 is 5.78 Å². The summed E-state index contributed by atoms with van der Waals surface area (Å²) in [4.78, 5) is 40.3. The molecule has 6 nitrogen and oxygen atoms in total. The number of ketones is 1. The van der Waals surface area contributed by atoms with E-state index in [-0.39, 0.29) is 11.6 Å². The van der Waals surface area contributed by atoms with E-state index in [2.05, 4.69) is 4.98 Å². The highest BCUT2D eigenvalue weighted by Gasteiger charge is 2.24. The van der Waals surface area contributed by atoms with Crippen LogP contribution in [0.3, 0.4) is 0 Å². The van der Waals surface area contributed by atoms with E-state index in [0.717, 1.165) is 12.0 Å². The number of H-pyrrole nitrogens is 1. The summed E-state index contributed by atoms with van der Waals surface area (Å²) in [5, 5.41) is 9.17. The number of carbonyl (C=O) groups excluding carboxylic acids is 1. The van der Waals surface area contributed by atoms with Gasteiger partial charge < -0.3 is 0 Å². The molecular formula is C20H23N3O3. The number of aryl methyl sites for hydroxylation is 1. The molecule has 0 radical (unpaired) electrons. The Kier molecular flexibility index (Phi) is 5.93. The van der Waals surface area contributed by atoms with Crippen molar-refractivity contribution in [2.45, 2.75) is 53.0 Å². The number of aromatic amines is 1. The minimum absolute atomic E-state index is 0.122. The average Bonchev–Trinajstić information content (AvgIpc) is 2.58. The number of aromatic nitrogens is 2. The van der Waals surface area contributed by atoms with Gasteiger partial charge in [-0.2, -0.15) is 5.26 Å². The molecule has 2 rings (SSSR count). The number of hydrogen-bond donors (Lipinski definition) is 1. The Morgan fingerprint density at radius 2 is 1.96 bits per heavy atom. The highest BCUT2D eigenvalue weighted by atomic mass is 16.2. The summed E-state index contributed by atoms with van der Waals surface area (Å²) in [6.07, 6.45) is 1.56. The first-order chi connectivity index (χ1) is 12.3. The normalized spacial score (nSPS) is 10.8. The number of rotatable bonds is 6. The Morgan fingerprint density at radius 3 is 2.54 bits per heavy atom. The Labute approximate surface area is 152 Å². The number of nitrogens with zero attached hydrogens (tertiary/aromatic N) is 2. The van der Waals surface area contributed by atoms with E-state index >= 15 is 0 Å². The van der Waals surface area contributed by atoms with Gasteiger partial charge >= 0.3 is 5.69 Å². The van der Waals surface area contributed by atoms with Crippen molar-refractivity contribution < 1.29 is 4.79 Å². The Hall–Kier alpha value is -2.94. The van der Waals surface area contributed by atoms with Gasteiger partial charge in [-0.15, -0.1) is 0 Å². The second-order valence-corrected chi connectivity index (χ2v) is 6.71. The second kappa shape index (κ2) is 7.96. The number of unbranched alkanes of at least 4 members (excludes halogenated alkanes) is 1. The van der Waals surface area contributed by atoms with E-state index in [0.29, 0.717) is 29.7 Å². The third kappa shape index (κ3) is 3.83. The number of benzene rings is 1. The van der Waals surface area contributed by atoms with Crippen LogP contribution in [-0.4, -0.2) is 15.3 Å². The molecule has 6 heteroatoms. The summed E-state index contributed by atoms with van der Waals surface area (Å²) in [5.74, 6) is -0.639. The SMILES string of the molecule is CCCCn1c(C(=O)c2cc(C)cc(C#N)c2)c(C(C)C)c(=O)[nH]c1=O. The van der Waals surface area contributed by atoms with Gasteiger partial charge in [0.1, 0.15) is 5.69 Å². The zero-order valence-corrected chi connectivity index (χ0v) is 15.5. The number of hydrogen-bond acceptors (Lipinski definition) is 4. The van der Waals surface area contributed by atoms with E-state index in [1.54, 1.807) is 19.1 Å². The van der Waals surface area contributed by atoms with Crippen molar-refractivity contribution in [3.8, 4) is 6.07 Å². The summed E-state index contributed by atoms with van der Waals surface area (Å²) < 4.78 is 1.36. The van der Waals surface area contributed by atoms with Gasteiger partial charge in [0, 0.05) is 17.7 Å². The minimum Gasteiger partial charge on any atom is -0.290 e. The first-order valence-corrected chi connectivity index (χ1v) is 8.73.